The summed E-state index contributed by atoms with van der Waals surface area (Å²) in [5.41, 5.74) is 1.04. The third-order valence-electron chi connectivity index (χ3n) is 4.72. The first kappa shape index (κ1) is 15.5. The number of piperidine rings is 1. The minimum Gasteiger partial charge on any atom is -0.387 e. The largest absolute Gasteiger partial charge is 0.387 e. The highest BCUT2D eigenvalue weighted by molar-refractivity contribution is 5.85. The lowest BCUT2D eigenvalue weighted by Gasteiger charge is -2.33. The van der Waals surface area contributed by atoms with Gasteiger partial charge in [0, 0.05) is 20.3 Å². The lowest BCUT2D eigenvalue weighted by molar-refractivity contribution is 0.0661. The molecular formula is C19H25NO2. The van der Waals surface area contributed by atoms with Crippen LogP contribution in [0.25, 0.3) is 10.8 Å². The molecule has 1 N–H and O–H groups in total. The minimum absolute atomic E-state index is 0.426. The van der Waals surface area contributed by atoms with Crippen molar-refractivity contribution >= 4 is 10.8 Å². The molecule has 1 heterocycles. The summed E-state index contributed by atoms with van der Waals surface area (Å²) in [7, 11) is 1.77. The summed E-state index contributed by atoms with van der Waals surface area (Å²) in [5, 5.41) is 13.0. The molecule has 0 spiro atoms. The van der Waals surface area contributed by atoms with E-state index in [0.29, 0.717) is 12.5 Å². The molecule has 3 rings (SSSR count). The van der Waals surface area contributed by atoms with E-state index in [1.165, 1.54) is 5.39 Å². The number of hydrogen-bond donors (Lipinski definition) is 1. The van der Waals surface area contributed by atoms with Crippen LogP contribution in [0.5, 0.6) is 0 Å². The van der Waals surface area contributed by atoms with Gasteiger partial charge in [-0.2, -0.15) is 0 Å². The third kappa shape index (κ3) is 3.49. The zero-order valence-corrected chi connectivity index (χ0v) is 13.2. The maximum Gasteiger partial charge on any atom is 0.0922 e. The van der Waals surface area contributed by atoms with Gasteiger partial charge >= 0.3 is 0 Å². The van der Waals surface area contributed by atoms with Gasteiger partial charge in [0.25, 0.3) is 0 Å². The van der Waals surface area contributed by atoms with Crippen molar-refractivity contribution in [1.29, 1.82) is 0 Å². The molecule has 0 saturated carbocycles. The van der Waals surface area contributed by atoms with Crippen molar-refractivity contribution in [2.24, 2.45) is 5.92 Å². The number of hydrogen-bond acceptors (Lipinski definition) is 3. The fourth-order valence-electron chi connectivity index (χ4n) is 3.46. The zero-order chi connectivity index (χ0) is 15.4. The van der Waals surface area contributed by atoms with E-state index in [4.69, 9.17) is 4.74 Å². The molecule has 1 saturated heterocycles. The van der Waals surface area contributed by atoms with E-state index in [2.05, 4.69) is 23.1 Å². The van der Waals surface area contributed by atoms with E-state index in [1.807, 2.05) is 24.3 Å². The van der Waals surface area contributed by atoms with Crippen LogP contribution in [-0.4, -0.2) is 43.4 Å². The Morgan fingerprint density at radius 2 is 1.86 bits per heavy atom. The Balaban J connectivity index is 1.66. The van der Waals surface area contributed by atoms with Crippen LogP contribution in [0, 0.1) is 5.92 Å². The number of methoxy groups -OCH3 is 1. The van der Waals surface area contributed by atoms with Gasteiger partial charge in [-0.15, -0.1) is 0 Å². The standard InChI is InChI=1S/C19H25NO2/c1-22-14-15-9-11-20(12-10-15)13-19(21)18-8-4-6-16-5-2-3-7-17(16)18/h2-8,15,19,21H,9-14H2,1H3/t19-/m0/s1. The number of ether oxygens (including phenoxy) is 1. The number of nitrogens with zero attached hydrogens (tertiary/aromatic N) is 1. The van der Waals surface area contributed by atoms with Crippen LogP contribution in [0.4, 0.5) is 0 Å². The topological polar surface area (TPSA) is 32.7 Å². The third-order valence-corrected chi connectivity index (χ3v) is 4.72. The second-order valence-corrected chi connectivity index (χ2v) is 6.28. The van der Waals surface area contributed by atoms with Crippen molar-refractivity contribution in [3.63, 3.8) is 0 Å². The molecule has 0 bridgehead atoms. The molecule has 3 heteroatoms. The predicted molar refractivity (Wildman–Crippen MR) is 89.9 cm³/mol. The van der Waals surface area contributed by atoms with E-state index < -0.39 is 6.10 Å². The Labute approximate surface area is 132 Å². The van der Waals surface area contributed by atoms with Gasteiger partial charge in [-0.25, -0.2) is 0 Å². The van der Waals surface area contributed by atoms with E-state index in [1.54, 1.807) is 7.11 Å². The summed E-state index contributed by atoms with van der Waals surface area (Å²) < 4.78 is 5.25. The highest BCUT2D eigenvalue weighted by Gasteiger charge is 2.22. The SMILES string of the molecule is COCC1CCN(C[C@H](O)c2cccc3ccccc23)CC1. The van der Waals surface area contributed by atoms with Gasteiger partial charge in [0.2, 0.25) is 0 Å². The average molecular weight is 299 g/mol. The Morgan fingerprint density at radius 3 is 2.64 bits per heavy atom. The fourth-order valence-corrected chi connectivity index (χ4v) is 3.46. The number of aliphatic hydroxyl groups excluding tert-OH is 1. The molecule has 1 fully saturated rings. The summed E-state index contributed by atoms with van der Waals surface area (Å²) >= 11 is 0. The quantitative estimate of drug-likeness (QED) is 0.920. The second kappa shape index (κ2) is 7.23. The molecule has 0 amide bonds. The van der Waals surface area contributed by atoms with Crippen LogP contribution in [0.2, 0.25) is 0 Å². The van der Waals surface area contributed by atoms with Crippen molar-refractivity contribution < 1.29 is 9.84 Å². The van der Waals surface area contributed by atoms with Gasteiger partial charge in [-0.05, 0) is 48.2 Å². The van der Waals surface area contributed by atoms with Crippen molar-refractivity contribution in [2.45, 2.75) is 18.9 Å². The highest BCUT2D eigenvalue weighted by Crippen LogP contribution is 2.26. The van der Waals surface area contributed by atoms with Gasteiger partial charge in [0.05, 0.1) is 6.10 Å². The summed E-state index contributed by atoms with van der Waals surface area (Å²) in [5.74, 6) is 0.677. The van der Waals surface area contributed by atoms with Crippen LogP contribution in [-0.2, 0) is 4.74 Å². The van der Waals surface area contributed by atoms with Gasteiger partial charge in [-0.1, -0.05) is 42.5 Å². The van der Waals surface area contributed by atoms with Crippen LogP contribution < -0.4 is 0 Å². The van der Waals surface area contributed by atoms with Crippen molar-refractivity contribution in [3.8, 4) is 0 Å². The van der Waals surface area contributed by atoms with Gasteiger partial charge in [0.15, 0.2) is 0 Å². The van der Waals surface area contributed by atoms with Gasteiger partial charge in [-0.3, -0.25) is 0 Å². The molecule has 0 unspecified atom stereocenters. The first-order valence-electron chi connectivity index (χ1n) is 8.15. The molecule has 0 aliphatic carbocycles. The Kier molecular flexibility index (Phi) is 5.08. The Bertz CT molecular complexity index is 600. The second-order valence-electron chi connectivity index (χ2n) is 6.28. The number of rotatable bonds is 5. The molecule has 1 atom stereocenters. The smallest absolute Gasteiger partial charge is 0.0922 e. The zero-order valence-electron chi connectivity index (χ0n) is 13.2. The van der Waals surface area contributed by atoms with Crippen molar-refractivity contribution in [2.75, 3.05) is 33.4 Å². The summed E-state index contributed by atoms with van der Waals surface area (Å²) in [6.07, 6.45) is 1.90. The number of fused-ring (bicyclic) bond motifs is 1. The first-order chi connectivity index (χ1) is 10.8. The number of likely N-dealkylation sites (tertiary alicyclic amines) is 1. The monoisotopic (exact) mass is 299 g/mol. The predicted octanol–water partition coefficient (Wildman–Crippen LogP) is 3.23. The van der Waals surface area contributed by atoms with Crippen LogP contribution in [0.15, 0.2) is 42.5 Å². The normalized spacial score (nSPS) is 18.6. The maximum atomic E-state index is 10.7. The number of benzene rings is 2. The fraction of sp³-hybridized carbons (Fsp3) is 0.474. The van der Waals surface area contributed by atoms with Gasteiger partial charge < -0.3 is 14.7 Å². The molecule has 3 nitrogen and oxygen atoms in total. The molecule has 2 aromatic rings. The summed E-state index contributed by atoms with van der Waals surface area (Å²) in [4.78, 5) is 2.37. The number of aliphatic hydroxyl groups is 1. The van der Waals surface area contributed by atoms with E-state index in [9.17, 15) is 5.11 Å². The molecule has 22 heavy (non-hydrogen) atoms. The molecule has 2 aromatic carbocycles. The van der Waals surface area contributed by atoms with E-state index in [0.717, 1.165) is 43.5 Å². The maximum absolute atomic E-state index is 10.7. The molecule has 1 aliphatic rings. The highest BCUT2D eigenvalue weighted by atomic mass is 16.5. The van der Waals surface area contributed by atoms with Crippen molar-refractivity contribution in [1.82, 2.24) is 4.90 Å². The average Bonchev–Trinajstić information content (AvgIpc) is 2.56. The molecule has 0 radical (unpaired) electrons. The summed E-state index contributed by atoms with van der Waals surface area (Å²) in [6, 6.07) is 14.5. The summed E-state index contributed by atoms with van der Waals surface area (Å²) in [6.45, 7) is 3.68. The van der Waals surface area contributed by atoms with E-state index >= 15 is 0 Å². The van der Waals surface area contributed by atoms with Crippen molar-refractivity contribution in [3.05, 3.63) is 48.0 Å². The van der Waals surface area contributed by atoms with Crippen LogP contribution in [0.1, 0.15) is 24.5 Å². The molecule has 1 aliphatic heterocycles. The molecule has 118 valence electrons. The Morgan fingerprint density at radius 1 is 1.14 bits per heavy atom. The van der Waals surface area contributed by atoms with E-state index in [-0.39, 0.29) is 0 Å². The first-order valence-corrected chi connectivity index (χ1v) is 8.15. The number of β-amino-alcohol motifs (C(OH)–C–C–N with tert-alkyl or cyclic N) is 1. The molecular weight excluding hydrogens is 274 g/mol. The van der Waals surface area contributed by atoms with Crippen LogP contribution >= 0.6 is 0 Å². The lowest BCUT2D eigenvalue weighted by atomic mass is 9.96. The van der Waals surface area contributed by atoms with Crippen LogP contribution in [0.3, 0.4) is 0 Å². The molecule has 0 aromatic heterocycles. The lowest BCUT2D eigenvalue weighted by Crippen LogP contribution is -2.37. The minimum atomic E-state index is -0.426. The van der Waals surface area contributed by atoms with Gasteiger partial charge in [0.1, 0.15) is 0 Å². The Hall–Kier alpha value is -1.42.